The number of anilines is 2. The summed E-state index contributed by atoms with van der Waals surface area (Å²) in [6.45, 7) is 1.35. The summed E-state index contributed by atoms with van der Waals surface area (Å²) in [5, 5.41) is 0.853. The van der Waals surface area contributed by atoms with Gasteiger partial charge < -0.3 is 14.4 Å². The molecule has 4 aromatic rings. The van der Waals surface area contributed by atoms with Crippen LogP contribution in [0.25, 0.3) is 22.0 Å². The number of hydrogen-bond acceptors (Lipinski definition) is 7. The number of halogens is 1. The van der Waals surface area contributed by atoms with Crippen molar-refractivity contribution in [1.29, 1.82) is 0 Å². The van der Waals surface area contributed by atoms with E-state index in [9.17, 15) is 12.8 Å². The second kappa shape index (κ2) is 8.45. The van der Waals surface area contributed by atoms with Crippen molar-refractivity contribution >= 4 is 32.3 Å². The first-order valence-electron chi connectivity index (χ1n) is 10.5. The van der Waals surface area contributed by atoms with Gasteiger partial charge in [0.05, 0.1) is 36.0 Å². The molecule has 1 aliphatic rings. The van der Waals surface area contributed by atoms with Crippen molar-refractivity contribution in [2.75, 3.05) is 36.9 Å². The molecule has 8 nitrogen and oxygen atoms in total. The lowest BCUT2D eigenvalue weighted by atomic mass is 10.0. The van der Waals surface area contributed by atoms with Gasteiger partial charge in [0.25, 0.3) is 10.0 Å². The summed E-state index contributed by atoms with van der Waals surface area (Å²) in [6.07, 6.45) is 3.40. The summed E-state index contributed by atoms with van der Waals surface area (Å²) in [5.41, 5.74) is 3.33. The Morgan fingerprint density at radius 3 is 2.62 bits per heavy atom. The zero-order valence-electron chi connectivity index (χ0n) is 18.4. The highest BCUT2D eigenvalue weighted by Gasteiger charge is 2.21. The minimum atomic E-state index is -3.99. The van der Waals surface area contributed by atoms with Gasteiger partial charge in [0.2, 0.25) is 5.88 Å². The fraction of sp³-hybridized carbons (Fsp3) is 0.167. The van der Waals surface area contributed by atoms with Crippen LogP contribution in [0.3, 0.4) is 0 Å². The number of pyridine rings is 2. The number of ether oxygens (including phenoxy) is 2. The van der Waals surface area contributed by atoms with Gasteiger partial charge in [-0.2, -0.15) is 0 Å². The molecule has 0 bridgehead atoms. The summed E-state index contributed by atoms with van der Waals surface area (Å²) in [7, 11) is -0.593. The summed E-state index contributed by atoms with van der Waals surface area (Å²) in [5.74, 6) is 0.349. The Bertz CT molecular complexity index is 1490. The van der Waals surface area contributed by atoms with Crippen molar-refractivity contribution in [2.45, 2.75) is 4.90 Å². The molecule has 0 amide bonds. The van der Waals surface area contributed by atoms with Gasteiger partial charge in [-0.3, -0.25) is 9.71 Å². The number of nitrogens with zero attached hydrogens (tertiary/aromatic N) is 3. The zero-order valence-corrected chi connectivity index (χ0v) is 19.3. The maximum atomic E-state index is 13.2. The molecule has 0 aliphatic carbocycles. The molecule has 0 fully saturated rings. The largest absolute Gasteiger partial charge is 0.489 e. The van der Waals surface area contributed by atoms with Crippen molar-refractivity contribution in [3.05, 3.63) is 66.7 Å². The molecule has 0 spiro atoms. The average Bonchev–Trinajstić information content (AvgIpc) is 2.84. The molecule has 174 valence electrons. The van der Waals surface area contributed by atoms with E-state index < -0.39 is 15.8 Å². The Labute approximate surface area is 196 Å². The second-order valence-electron chi connectivity index (χ2n) is 7.81. The third-order valence-electron chi connectivity index (χ3n) is 5.63. The van der Waals surface area contributed by atoms with E-state index in [-0.39, 0.29) is 16.5 Å². The highest BCUT2D eigenvalue weighted by molar-refractivity contribution is 7.92. The lowest BCUT2D eigenvalue weighted by molar-refractivity contribution is 0.315. The van der Waals surface area contributed by atoms with Gasteiger partial charge in [-0.1, -0.05) is 6.07 Å². The van der Waals surface area contributed by atoms with Crippen LogP contribution in [0.15, 0.2) is 65.8 Å². The molecule has 34 heavy (non-hydrogen) atoms. The molecule has 0 unspecified atom stereocenters. The molecule has 2 aromatic heterocycles. The Hall–Kier alpha value is -3.92. The SMILES string of the molecule is COc1ncc(-c2ccc3ncc4c(c3c2)OCCN4C)cc1NS(=O)(=O)c1ccc(F)cc1. The van der Waals surface area contributed by atoms with E-state index in [0.717, 1.165) is 46.6 Å². The lowest BCUT2D eigenvalue weighted by Gasteiger charge is -2.28. The van der Waals surface area contributed by atoms with Crippen molar-refractivity contribution in [3.8, 4) is 22.8 Å². The lowest BCUT2D eigenvalue weighted by Crippen LogP contribution is -2.29. The van der Waals surface area contributed by atoms with Crippen LogP contribution in [-0.4, -0.2) is 45.7 Å². The van der Waals surface area contributed by atoms with E-state index in [0.29, 0.717) is 12.2 Å². The minimum Gasteiger partial charge on any atom is -0.489 e. The van der Waals surface area contributed by atoms with Crippen LogP contribution in [0.2, 0.25) is 0 Å². The van der Waals surface area contributed by atoms with Gasteiger partial charge in [-0.05, 0) is 48.0 Å². The van der Waals surface area contributed by atoms with E-state index in [1.807, 2.05) is 25.2 Å². The van der Waals surface area contributed by atoms with Gasteiger partial charge >= 0.3 is 0 Å². The van der Waals surface area contributed by atoms with Crippen LogP contribution in [0.4, 0.5) is 15.8 Å². The average molecular weight is 481 g/mol. The molecule has 3 heterocycles. The molecule has 0 radical (unpaired) electrons. The Kier molecular flexibility index (Phi) is 5.45. The van der Waals surface area contributed by atoms with Crippen molar-refractivity contribution in [2.24, 2.45) is 0 Å². The number of nitrogens with one attached hydrogen (secondary N) is 1. The number of methoxy groups -OCH3 is 1. The molecule has 2 aromatic carbocycles. The van der Waals surface area contributed by atoms with Gasteiger partial charge in [-0.25, -0.2) is 17.8 Å². The van der Waals surface area contributed by atoms with Crippen LogP contribution < -0.4 is 19.1 Å². The predicted octanol–water partition coefficient (Wildman–Crippen LogP) is 4.07. The van der Waals surface area contributed by atoms with Crippen LogP contribution in [0.1, 0.15) is 0 Å². The quantitative estimate of drug-likeness (QED) is 0.460. The number of rotatable bonds is 5. The van der Waals surface area contributed by atoms with Crippen molar-refractivity contribution in [3.63, 3.8) is 0 Å². The van der Waals surface area contributed by atoms with E-state index in [4.69, 9.17) is 9.47 Å². The molecular weight excluding hydrogens is 459 g/mol. The fourth-order valence-corrected chi connectivity index (χ4v) is 4.88. The van der Waals surface area contributed by atoms with E-state index in [1.165, 1.54) is 19.2 Å². The minimum absolute atomic E-state index is 0.0777. The summed E-state index contributed by atoms with van der Waals surface area (Å²) >= 11 is 0. The summed E-state index contributed by atoms with van der Waals surface area (Å²) in [4.78, 5) is 10.8. The Morgan fingerprint density at radius 2 is 1.85 bits per heavy atom. The number of benzene rings is 2. The number of aromatic nitrogens is 2. The Morgan fingerprint density at radius 1 is 1.06 bits per heavy atom. The van der Waals surface area contributed by atoms with Crippen molar-refractivity contribution < 1.29 is 22.3 Å². The number of likely N-dealkylation sites (N-methyl/N-ethyl adjacent to an activating group) is 1. The molecular formula is C24H21FN4O4S. The monoisotopic (exact) mass is 480 g/mol. The molecule has 0 saturated heterocycles. The number of sulfonamides is 1. The molecule has 10 heteroatoms. The van der Waals surface area contributed by atoms with E-state index in [2.05, 4.69) is 19.6 Å². The van der Waals surface area contributed by atoms with Gasteiger partial charge in [0, 0.05) is 24.2 Å². The van der Waals surface area contributed by atoms with Gasteiger partial charge in [0.15, 0.2) is 5.75 Å². The second-order valence-corrected chi connectivity index (χ2v) is 9.50. The maximum Gasteiger partial charge on any atom is 0.262 e. The van der Waals surface area contributed by atoms with Crippen LogP contribution in [0, 0.1) is 5.82 Å². The molecule has 1 N–H and O–H groups in total. The fourth-order valence-electron chi connectivity index (χ4n) is 3.83. The predicted molar refractivity (Wildman–Crippen MR) is 127 cm³/mol. The number of hydrogen-bond donors (Lipinski definition) is 1. The zero-order chi connectivity index (χ0) is 23.9. The Balaban J connectivity index is 1.56. The van der Waals surface area contributed by atoms with Gasteiger partial charge in [0.1, 0.15) is 18.1 Å². The van der Waals surface area contributed by atoms with Crippen LogP contribution in [-0.2, 0) is 10.0 Å². The molecule has 0 atom stereocenters. The van der Waals surface area contributed by atoms with Gasteiger partial charge in [-0.15, -0.1) is 0 Å². The normalized spacial score (nSPS) is 13.3. The first-order valence-corrected chi connectivity index (χ1v) is 11.9. The van der Waals surface area contributed by atoms with E-state index >= 15 is 0 Å². The highest BCUT2D eigenvalue weighted by Crippen LogP contribution is 2.39. The first-order chi connectivity index (χ1) is 16.4. The van der Waals surface area contributed by atoms with Crippen molar-refractivity contribution in [1.82, 2.24) is 9.97 Å². The van der Waals surface area contributed by atoms with E-state index in [1.54, 1.807) is 18.5 Å². The number of fused-ring (bicyclic) bond motifs is 3. The van der Waals surface area contributed by atoms with Crippen LogP contribution >= 0.6 is 0 Å². The topological polar surface area (TPSA) is 93.7 Å². The first kappa shape index (κ1) is 21.9. The van der Waals surface area contributed by atoms with Crippen LogP contribution in [0.5, 0.6) is 11.6 Å². The molecule has 0 saturated carbocycles. The summed E-state index contributed by atoms with van der Waals surface area (Å²) < 4.78 is 52.6. The summed E-state index contributed by atoms with van der Waals surface area (Å²) in [6, 6.07) is 11.9. The smallest absolute Gasteiger partial charge is 0.262 e. The standard InChI is InChI=1S/C24H21FN4O4S/c1-29-9-10-33-23-19-11-15(3-8-20(19)26-14-22(23)29)16-12-21(24(32-2)27-13-16)28-34(30,31)18-6-4-17(25)5-7-18/h3-8,11-14,28H,9-10H2,1-2H3. The molecule has 5 rings (SSSR count). The highest BCUT2D eigenvalue weighted by atomic mass is 32.2. The third-order valence-corrected chi connectivity index (χ3v) is 7.01. The third kappa shape index (κ3) is 3.96. The molecule has 1 aliphatic heterocycles. The maximum absolute atomic E-state index is 13.2.